The molecule has 0 aliphatic carbocycles. The lowest BCUT2D eigenvalue weighted by atomic mass is 10.2. The molecular formula is C11H11F2N5O2. The Morgan fingerprint density at radius 2 is 2.25 bits per heavy atom. The van der Waals surface area contributed by atoms with E-state index in [9.17, 15) is 18.9 Å². The van der Waals surface area contributed by atoms with Gasteiger partial charge in [0.05, 0.1) is 11.5 Å². The average Bonchev–Trinajstić information content (AvgIpc) is 2.84. The van der Waals surface area contributed by atoms with Crippen LogP contribution in [0.15, 0.2) is 24.7 Å². The number of nitro groups is 1. The van der Waals surface area contributed by atoms with Gasteiger partial charge >= 0.3 is 6.55 Å². The highest BCUT2D eigenvalue weighted by molar-refractivity contribution is 5.46. The topological polar surface area (TPSA) is 85.9 Å². The summed E-state index contributed by atoms with van der Waals surface area (Å²) in [4.78, 5) is 17.8. The molecule has 2 rings (SSSR count). The molecule has 0 saturated heterocycles. The van der Waals surface area contributed by atoms with E-state index in [1.807, 2.05) is 0 Å². The summed E-state index contributed by atoms with van der Waals surface area (Å²) >= 11 is 0. The smallest absolute Gasteiger partial charge is 0.319 e. The number of rotatable bonds is 5. The number of halogens is 2. The summed E-state index contributed by atoms with van der Waals surface area (Å²) in [7, 11) is 0. The Kier molecular flexibility index (Phi) is 3.87. The Morgan fingerprint density at radius 1 is 1.50 bits per heavy atom. The number of hydrogen-bond donors (Lipinski definition) is 1. The minimum atomic E-state index is -2.67. The SMILES string of the molecule is Cc1cc(NCc2nccn2C(F)F)ncc1[N+](=O)[O-]. The summed E-state index contributed by atoms with van der Waals surface area (Å²) in [6, 6.07) is 1.48. The first-order chi connectivity index (χ1) is 9.49. The third kappa shape index (κ3) is 2.87. The summed E-state index contributed by atoms with van der Waals surface area (Å²) in [6.07, 6.45) is 3.57. The van der Waals surface area contributed by atoms with Gasteiger partial charge < -0.3 is 5.32 Å². The zero-order valence-electron chi connectivity index (χ0n) is 10.5. The monoisotopic (exact) mass is 283 g/mol. The van der Waals surface area contributed by atoms with Gasteiger partial charge in [-0.15, -0.1) is 0 Å². The summed E-state index contributed by atoms with van der Waals surface area (Å²) in [5, 5.41) is 13.4. The maximum Gasteiger partial charge on any atom is 0.319 e. The van der Waals surface area contributed by atoms with Gasteiger partial charge in [-0.2, -0.15) is 8.78 Å². The van der Waals surface area contributed by atoms with Gasteiger partial charge in [0.15, 0.2) is 0 Å². The lowest BCUT2D eigenvalue weighted by Gasteiger charge is -2.08. The molecule has 20 heavy (non-hydrogen) atoms. The number of hydrogen-bond acceptors (Lipinski definition) is 5. The first-order valence-electron chi connectivity index (χ1n) is 5.64. The summed E-state index contributed by atoms with van der Waals surface area (Å²) in [5.74, 6) is 0.509. The molecule has 0 fully saturated rings. The fourth-order valence-electron chi connectivity index (χ4n) is 1.66. The van der Waals surface area contributed by atoms with Crippen molar-refractivity contribution in [1.29, 1.82) is 0 Å². The molecule has 0 spiro atoms. The van der Waals surface area contributed by atoms with E-state index in [1.165, 1.54) is 18.5 Å². The second-order valence-corrected chi connectivity index (χ2v) is 4.00. The van der Waals surface area contributed by atoms with E-state index < -0.39 is 11.5 Å². The molecule has 0 amide bonds. The van der Waals surface area contributed by atoms with Crippen LogP contribution in [0.2, 0.25) is 0 Å². The fourth-order valence-corrected chi connectivity index (χ4v) is 1.66. The molecule has 2 aromatic rings. The van der Waals surface area contributed by atoms with Gasteiger partial charge in [0, 0.05) is 18.0 Å². The molecule has 9 heteroatoms. The fraction of sp³-hybridized carbons (Fsp3) is 0.273. The predicted molar refractivity (Wildman–Crippen MR) is 66.4 cm³/mol. The van der Waals surface area contributed by atoms with Crippen LogP contribution in [0.25, 0.3) is 0 Å². The molecule has 0 aromatic carbocycles. The van der Waals surface area contributed by atoms with Gasteiger partial charge in [0.1, 0.15) is 17.8 Å². The summed E-state index contributed by atoms with van der Waals surface area (Å²) in [5.41, 5.74) is 0.342. The van der Waals surface area contributed by atoms with E-state index in [0.29, 0.717) is 11.4 Å². The minimum absolute atomic E-state index is 0.0432. The largest absolute Gasteiger partial charge is 0.363 e. The van der Waals surface area contributed by atoms with Gasteiger partial charge in [0.25, 0.3) is 5.69 Å². The molecule has 2 heterocycles. The van der Waals surface area contributed by atoms with E-state index in [-0.39, 0.29) is 18.1 Å². The Balaban J connectivity index is 2.09. The van der Waals surface area contributed by atoms with Crippen LogP contribution in [0.5, 0.6) is 0 Å². The van der Waals surface area contributed by atoms with Crippen molar-refractivity contribution in [2.45, 2.75) is 20.0 Å². The van der Waals surface area contributed by atoms with Crippen molar-refractivity contribution in [3.8, 4) is 0 Å². The molecule has 0 saturated carbocycles. The van der Waals surface area contributed by atoms with Crippen molar-refractivity contribution in [3.05, 3.63) is 46.2 Å². The molecule has 0 aliphatic heterocycles. The standard InChI is InChI=1S/C11H11F2N5O2/c1-7-4-9(15-5-8(7)18(19)20)16-6-10-14-2-3-17(10)11(12)13/h2-5,11H,6H2,1H3,(H,15,16). The normalized spacial score (nSPS) is 10.8. The molecule has 2 aromatic heterocycles. The first-order valence-corrected chi connectivity index (χ1v) is 5.64. The predicted octanol–water partition coefficient (Wildman–Crippen LogP) is 2.50. The van der Waals surface area contributed by atoms with Crippen LogP contribution < -0.4 is 5.32 Å². The Labute approximate surface area is 112 Å². The van der Waals surface area contributed by atoms with Crippen LogP contribution in [-0.2, 0) is 6.54 Å². The van der Waals surface area contributed by atoms with Gasteiger partial charge in [-0.3, -0.25) is 14.7 Å². The van der Waals surface area contributed by atoms with Gasteiger partial charge in [-0.05, 0) is 13.0 Å². The van der Waals surface area contributed by atoms with Crippen LogP contribution in [0.3, 0.4) is 0 Å². The molecule has 0 bridgehead atoms. The second-order valence-electron chi connectivity index (χ2n) is 4.00. The third-order valence-electron chi connectivity index (χ3n) is 2.67. The number of anilines is 1. The molecule has 106 valence electrons. The van der Waals surface area contributed by atoms with Gasteiger partial charge in [-0.25, -0.2) is 9.97 Å². The zero-order valence-corrected chi connectivity index (χ0v) is 10.5. The minimum Gasteiger partial charge on any atom is -0.363 e. The lowest BCUT2D eigenvalue weighted by Crippen LogP contribution is -2.10. The van der Waals surface area contributed by atoms with E-state index in [2.05, 4.69) is 15.3 Å². The molecule has 0 aliphatic rings. The number of nitrogens with zero attached hydrogens (tertiary/aromatic N) is 4. The molecular weight excluding hydrogens is 272 g/mol. The van der Waals surface area contributed by atoms with Gasteiger partial charge in [-0.1, -0.05) is 0 Å². The van der Waals surface area contributed by atoms with Gasteiger partial charge in [0.2, 0.25) is 0 Å². The van der Waals surface area contributed by atoms with E-state index in [4.69, 9.17) is 0 Å². The number of alkyl halides is 2. The molecule has 7 nitrogen and oxygen atoms in total. The van der Waals surface area contributed by atoms with Crippen LogP contribution in [-0.4, -0.2) is 19.5 Å². The molecule has 0 radical (unpaired) electrons. The number of nitrogens with one attached hydrogen (secondary N) is 1. The first kappa shape index (κ1) is 13.8. The maximum atomic E-state index is 12.6. The van der Waals surface area contributed by atoms with Crippen LogP contribution in [0.4, 0.5) is 20.3 Å². The molecule has 0 unspecified atom stereocenters. The summed E-state index contributed by atoms with van der Waals surface area (Å²) < 4.78 is 25.9. The highest BCUT2D eigenvalue weighted by atomic mass is 19.3. The number of imidazole rings is 1. The number of aryl methyl sites for hydroxylation is 1. The highest BCUT2D eigenvalue weighted by Gasteiger charge is 2.13. The third-order valence-corrected chi connectivity index (χ3v) is 2.67. The van der Waals surface area contributed by atoms with Crippen molar-refractivity contribution in [2.24, 2.45) is 0 Å². The van der Waals surface area contributed by atoms with Crippen molar-refractivity contribution in [3.63, 3.8) is 0 Å². The van der Waals surface area contributed by atoms with Crippen LogP contribution in [0, 0.1) is 17.0 Å². The number of pyridine rings is 1. The van der Waals surface area contributed by atoms with Crippen LogP contribution >= 0.6 is 0 Å². The second kappa shape index (κ2) is 5.59. The molecule has 0 atom stereocenters. The van der Waals surface area contributed by atoms with E-state index in [1.54, 1.807) is 6.92 Å². The van der Waals surface area contributed by atoms with Crippen molar-refractivity contribution < 1.29 is 13.7 Å². The van der Waals surface area contributed by atoms with E-state index in [0.717, 1.165) is 10.8 Å². The van der Waals surface area contributed by atoms with E-state index >= 15 is 0 Å². The van der Waals surface area contributed by atoms with Crippen molar-refractivity contribution >= 4 is 11.5 Å². The lowest BCUT2D eigenvalue weighted by molar-refractivity contribution is -0.385. The zero-order chi connectivity index (χ0) is 14.7. The Morgan fingerprint density at radius 3 is 2.85 bits per heavy atom. The number of aromatic nitrogens is 3. The summed E-state index contributed by atoms with van der Waals surface area (Å²) in [6.45, 7) is -1.05. The average molecular weight is 283 g/mol. The van der Waals surface area contributed by atoms with Crippen molar-refractivity contribution in [2.75, 3.05) is 5.32 Å². The quantitative estimate of drug-likeness (QED) is 0.673. The highest BCUT2D eigenvalue weighted by Crippen LogP contribution is 2.19. The van der Waals surface area contributed by atoms with Crippen molar-refractivity contribution in [1.82, 2.24) is 14.5 Å². The Hall–Kier alpha value is -2.58. The Bertz CT molecular complexity index is 629. The molecule has 1 N–H and O–H groups in total. The van der Waals surface area contributed by atoms with Crippen LogP contribution in [0.1, 0.15) is 17.9 Å². The maximum absolute atomic E-state index is 12.6.